The molecule has 0 saturated carbocycles. The molecule has 60 valence electrons. The van der Waals surface area contributed by atoms with Crippen molar-refractivity contribution in [1.29, 1.82) is 0 Å². The molecule has 0 aliphatic heterocycles. The van der Waals surface area contributed by atoms with E-state index in [9.17, 15) is 4.79 Å². The molecule has 0 aromatic heterocycles. The Bertz CT molecular complexity index is 127. The predicted octanol–water partition coefficient (Wildman–Crippen LogP) is 0.353. The highest BCUT2D eigenvalue weighted by Gasteiger charge is 2.22. The smallest absolute Gasteiger partial charge is 0.321 e. The van der Waals surface area contributed by atoms with E-state index in [1.807, 2.05) is 13.8 Å². The summed E-state index contributed by atoms with van der Waals surface area (Å²) in [7, 11) is 0. The third kappa shape index (κ3) is 2.58. The fourth-order valence-corrected chi connectivity index (χ4v) is 0.688. The van der Waals surface area contributed by atoms with Crippen molar-refractivity contribution in [1.82, 2.24) is 0 Å². The molecule has 0 amide bonds. The number of carboxylic acids is 1. The van der Waals surface area contributed by atoms with Crippen LogP contribution in [0, 0.1) is 5.92 Å². The van der Waals surface area contributed by atoms with E-state index < -0.39 is 12.0 Å². The maximum Gasteiger partial charge on any atom is 0.321 e. The molecule has 3 nitrogen and oxygen atoms in total. The monoisotopic (exact) mass is 163 g/mol. The van der Waals surface area contributed by atoms with Gasteiger partial charge in [0.25, 0.3) is 0 Å². The summed E-state index contributed by atoms with van der Waals surface area (Å²) in [6.45, 7) is 3.78. The topological polar surface area (TPSA) is 63.3 Å². The first kappa shape index (κ1) is 9.78. The lowest BCUT2D eigenvalue weighted by Gasteiger charge is -2.18. The molecule has 0 bridgehead atoms. The fraction of sp³-hybridized carbons (Fsp3) is 0.833. The highest BCUT2D eigenvalue weighted by molar-refractivity contribution is 7.81. The molecule has 0 aliphatic carbocycles. The quantitative estimate of drug-likeness (QED) is 0.526. The minimum absolute atomic E-state index is 0.189. The number of carboxylic acid groups (broad SMARTS) is 1. The Morgan fingerprint density at radius 3 is 2.10 bits per heavy atom. The van der Waals surface area contributed by atoms with Crippen LogP contribution in [0.3, 0.4) is 0 Å². The summed E-state index contributed by atoms with van der Waals surface area (Å²) in [5.41, 5.74) is 5.28. The number of nitrogens with two attached hydrogens (primary N) is 1. The van der Waals surface area contributed by atoms with E-state index in [4.69, 9.17) is 10.8 Å². The van der Waals surface area contributed by atoms with Gasteiger partial charge in [0.1, 0.15) is 6.04 Å². The fourth-order valence-electron chi connectivity index (χ4n) is 0.561. The van der Waals surface area contributed by atoms with Gasteiger partial charge in [-0.15, -0.1) is 0 Å². The molecule has 4 heteroatoms. The van der Waals surface area contributed by atoms with Gasteiger partial charge < -0.3 is 10.8 Å². The van der Waals surface area contributed by atoms with Gasteiger partial charge in [0.15, 0.2) is 0 Å². The van der Waals surface area contributed by atoms with Gasteiger partial charge in [0.2, 0.25) is 0 Å². The lowest BCUT2D eigenvalue weighted by atomic mass is 10.0. The normalized spacial score (nSPS) is 16.9. The Balaban J connectivity index is 3.94. The molecule has 0 spiro atoms. The summed E-state index contributed by atoms with van der Waals surface area (Å²) in [5, 5.41) is 8.16. The second kappa shape index (κ2) is 3.83. The second-order valence-electron chi connectivity index (χ2n) is 2.60. The van der Waals surface area contributed by atoms with Crippen molar-refractivity contribution in [3.8, 4) is 0 Å². The Kier molecular flexibility index (Phi) is 3.75. The van der Waals surface area contributed by atoms with E-state index in [0.717, 1.165) is 0 Å². The van der Waals surface area contributed by atoms with Crippen LogP contribution in [-0.4, -0.2) is 22.4 Å². The average molecular weight is 163 g/mol. The van der Waals surface area contributed by atoms with Gasteiger partial charge in [0.05, 0.1) is 0 Å². The van der Waals surface area contributed by atoms with Gasteiger partial charge in [-0.1, -0.05) is 13.8 Å². The summed E-state index contributed by atoms with van der Waals surface area (Å²) in [5.74, 6) is -0.803. The van der Waals surface area contributed by atoms with Crippen LogP contribution in [0.2, 0.25) is 0 Å². The zero-order valence-electron chi connectivity index (χ0n) is 6.11. The van der Waals surface area contributed by atoms with E-state index in [0.29, 0.717) is 0 Å². The third-order valence-electron chi connectivity index (χ3n) is 1.34. The molecule has 2 unspecified atom stereocenters. The molecule has 0 radical (unpaired) electrons. The Labute approximate surface area is 66.0 Å². The van der Waals surface area contributed by atoms with Crippen molar-refractivity contribution in [3.63, 3.8) is 0 Å². The van der Waals surface area contributed by atoms with Crippen LogP contribution >= 0.6 is 12.6 Å². The summed E-state index contributed by atoms with van der Waals surface area (Å²) in [4.78, 5) is 10.3. The molecule has 0 fully saturated rings. The highest BCUT2D eigenvalue weighted by atomic mass is 32.1. The van der Waals surface area contributed by atoms with Gasteiger partial charge in [-0.05, 0) is 5.92 Å². The molecule has 3 N–H and O–H groups in total. The molecule has 0 heterocycles. The van der Waals surface area contributed by atoms with Gasteiger partial charge in [0, 0.05) is 5.25 Å². The first-order valence-electron chi connectivity index (χ1n) is 3.13. The molecule has 2 atom stereocenters. The van der Waals surface area contributed by atoms with Gasteiger partial charge in [-0.3, -0.25) is 4.79 Å². The first-order valence-corrected chi connectivity index (χ1v) is 3.65. The molecular formula is C6H13NO2S. The standard InChI is InChI=1S/C6H13NO2S/c1-3(2)5(10)4(7)6(8)9/h3-5,10H,7H2,1-2H3,(H,8,9). The van der Waals surface area contributed by atoms with Crippen molar-refractivity contribution >= 4 is 18.6 Å². The van der Waals surface area contributed by atoms with E-state index in [-0.39, 0.29) is 11.2 Å². The molecule has 0 aliphatic rings. The first-order chi connectivity index (χ1) is 4.46. The molecule has 0 rings (SSSR count). The van der Waals surface area contributed by atoms with E-state index >= 15 is 0 Å². The van der Waals surface area contributed by atoms with Gasteiger partial charge in [-0.2, -0.15) is 12.6 Å². The number of hydrogen-bond acceptors (Lipinski definition) is 3. The summed E-state index contributed by atoms with van der Waals surface area (Å²) in [6.07, 6.45) is 0. The zero-order chi connectivity index (χ0) is 8.31. The van der Waals surface area contributed by atoms with Crippen LogP contribution in [0.15, 0.2) is 0 Å². The van der Waals surface area contributed by atoms with Crippen LogP contribution in [0.4, 0.5) is 0 Å². The number of aliphatic carboxylic acids is 1. The number of rotatable bonds is 3. The maximum atomic E-state index is 10.3. The van der Waals surface area contributed by atoms with Crippen molar-refractivity contribution in [2.45, 2.75) is 25.1 Å². The predicted molar refractivity (Wildman–Crippen MR) is 43.2 cm³/mol. The molecule has 0 aromatic rings. The Morgan fingerprint density at radius 2 is 2.00 bits per heavy atom. The minimum Gasteiger partial charge on any atom is -0.480 e. The molecular weight excluding hydrogens is 150 g/mol. The largest absolute Gasteiger partial charge is 0.480 e. The van der Waals surface area contributed by atoms with Crippen molar-refractivity contribution in [2.75, 3.05) is 0 Å². The van der Waals surface area contributed by atoms with Crippen LogP contribution in [0.1, 0.15) is 13.8 Å². The van der Waals surface area contributed by atoms with Crippen LogP contribution < -0.4 is 5.73 Å². The molecule has 0 saturated heterocycles. The summed E-state index contributed by atoms with van der Waals surface area (Å²) >= 11 is 4.05. The number of carbonyl (C=O) groups is 1. The van der Waals surface area contributed by atoms with Crippen LogP contribution in [0.25, 0.3) is 0 Å². The van der Waals surface area contributed by atoms with E-state index in [1.165, 1.54) is 0 Å². The second-order valence-corrected chi connectivity index (χ2v) is 3.19. The average Bonchev–Trinajstić information content (AvgIpc) is 1.84. The lowest BCUT2D eigenvalue weighted by Crippen LogP contribution is -2.41. The van der Waals surface area contributed by atoms with E-state index in [2.05, 4.69) is 12.6 Å². The third-order valence-corrected chi connectivity index (χ3v) is 2.25. The van der Waals surface area contributed by atoms with Crippen LogP contribution in [-0.2, 0) is 4.79 Å². The lowest BCUT2D eigenvalue weighted by molar-refractivity contribution is -0.138. The van der Waals surface area contributed by atoms with Gasteiger partial charge in [-0.25, -0.2) is 0 Å². The molecule has 10 heavy (non-hydrogen) atoms. The highest BCUT2D eigenvalue weighted by Crippen LogP contribution is 2.11. The van der Waals surface area contributed by atoms with Crippen molar-refractivity contribution in [3.05, 3.63) is 0 Å². The number of hydrogen-bond donors (Lipinski definition) is 3. The van der Waals surface area contributed by atoms with Crippen LogP contribution in [0.5, 0.6) is 0 Å². The summed E-state index contributed by atoms with van der Waals surface area (Å²) < 4.78 is 0. The maximum absolute atomic E-state index is 10.3. The van der Waals surface area contributed by atoms with Gasteiger partial charge >= 0.3 is 5.97 Å². The minimum atomic E-state index is -0.992. The SMILES string of the molecule is CC(C)C(S)C(N)C(=O)O. The Hall–Kier alpha value is -0.220. The van der Waals surface area contributed by atoms with E-state index in [1.54, 1.807) is 0 Å². The van der Waals surface area contributed by atoms with Crippen molar-refractivity contribution < 1.29 is 9.90 Å². The Morgan fingerprint density at radius 1 is 1.60 bits per heavy atom. The van der Waals surface area contributed by atoms with Crippen molar-refractivity contribution in [2.24, 2.45) is 11.7 Å². The summed E-state index contributed by atoms with van der Waals surface area (Å²) in [6, 6.07) is -0.858. The number of thiol groups is 1. The zero-order valence-corrected chi connectivity index (χ0v) is 7.01. The molecule has 0 aromatic carbocycles.